The smallest absolute Gasteiger partial charge is 0.111 e. The monoisotopic (exact) mass is 354 g/mol. The standard InChI is InChI=1S/C18H30N2O5/c1-12(2)5-7-20(9-13-4-3-6-19-8-13)10-14-16(22)18(24)17(23)15(11-21)25-14/h3-4,6,8,12,14-18,21-24H,5,7,9-11H2,1-2H3/t14-,15+,16+,17+,18+/m0/s1. The van der Waals surface area contributed by atoms with Crippen molar-refractivity contribution in [1.29, 1.82) is 0 Å². The molecular formula is C18H30N2O5. The quantitative estimate of drug-likeness (QED) is 0.511. The lowest BCUT2D eigenvalue weighted by Crippen LogP contribution is -2.60. The second-order valence-electron chi connectivity index (χ2n) is 7.15. The fourth-order valence-electron chi connectivity index (χ4n) is 3.01. The second-order valence-corrected chi connectivity index (χ2v) is 7.15. The average molecular weight is 354 g/mol. The van der Waals surface area contributed by atoms with Gasteiger partial charge in [0.1, 0.15) is 24.4 Å². The first-order valence-electron chi connectivity index (χ1n) is 8.84. The van der Waals surface area contributed by atoms with E-state index in [1.54, 1.807) is 12.4 Å². The fraction of sp³-hybridized carbons (Fsp3) is 0.722. The predicted octanol–water partition coefficient (Wildman–Crippen LogP) is -0.228. The number of hydrogen-bond acceptors (Lipinski definition) is 7. The summed E-state index contributed by atoms with van der Waals surface area (Å²) in [5.41, 5.74) is 1.05. The van der Waals surface area contributed by atoms with Crippen molar-refractivity contribution in [2.45, 2.75) is 57.3 Å². The van der Waals surface area contributed by atoms with Crippen LogP contribution in [0.3, 0.4) is 0 Å². The molecule has 0 radical (unpaired) electrons. The minimum atomic E-state index is -1.33. The lowest BCUT2D eigenvalue weighted by Gasteiger charge is -2.42. The van der Waals surface area contributed by atoms with Crippen LogP contribution in [0.15, 0.2) is 24.5 Å². The number of nitrogens with zero attached hydrogens (tertiary/aromatic N) is 2. The van der Waals surface area contributed by atoms with Gasteiger partial charge in [-0.05, 0) is 30.5 Å². The van der Waals surface area contributed by atoms with Gasteiger partial charge in [-0.3, -0.25) is 9.88 Å². The van der Waals surface area contributed by atoms with Gasteiger partial charge in [-0.2, -0.15) is 0 Å². The molecule has 1 aliphatic rings. The number of aliphatic hydroxyl groups excluding tert-OH is 4. The topological polar surface area (TPSA) is 106 Å². The molecule has 4 N–H and O–H groups in total. The maximum atomic E-state index is 10.3. The van der Waals surface area contributed by atoms with Crippen LogP contribution in [0.5, 0.6) is 0 Å². The van der Waals surface area contributed by atoms with Crippen molar-refractivity contribution < 1.29 is 25.2 Å². The zero-order chi connectivity index (χ0) is 18.4. The van der Waals surface area contributed by atoms with Gasteiger partial charge in [-0.25, -0.2) is 0 Å². The number of ether oxygens (including phenoxy) is 1. The van der Waals surface area contributed by atoms with Crippen molar-refractivity contribution in [3.8, 4) is 0 Å². The van der Waals surface area contributed by atoms with E-state index in [2.05, 4.69) is 23.7 Å². The highest BCUT2D eigenvalue weighted by atomic mass is 16.5. The highest BCUT2D eigenvalue weighted by molar-refractivity contribution is 5.08. The van der Waals surface area contributed by atoms with Crippen LogP contribution < -0.4 is 0 Å². The Morgan fingerprint density at radius 2 is 1.88 bits per heavy atom. The molecule has 5 atom stereocenters. The van der Waals surface area contributed by atoms with Crippen LogP contribution >= 0.6 is 0 Å². The Labute approximate surface area is 148 Å². The minimum absolute atomic E-state index is 0.392. The molecule has 7 nitrogen and oxygen atoms in total. The number of aromatic nitrogens is 1. The molecule has 1 aliphatic heterocycles. The molecule has 1 aromatic rings. The normalized spacial score (nSPS) is 30.2. The van der Waals surface area contributed by atoms with Crippen molar-refractivity contribution >= 4 is 0 Å². The predicted molar refractivity (Wildman–Crippen MR) is 92.7 cm³/mol. The summed E-state index contributed by atoms with van der Waals surface area (Å²) < 4.78 is 5.64. The highest BCUT2D eigenvalue weighted by Gasteiger charge is 2.43. The van der Waals surface area contributed by atoms with Crippen LogP contribution in [0, 0.1) is 5.92 Å². The summed E-state index contributed by atoms with van der Waals surface area (Å²) in [4.78, 5) is 6.27. The molecule has 7 heteroatoms. The molecule has 142 valence electrons. The van der Waals surface area contributed by atoms with Gasteiger partial charge in [0.05, 0.1) is 12.7 Å². The van der Waals surface area contributed by atoms with Crippen molar-refractivity contribution in [3.63, 3.8) is 0 Å². The van der Waals surface area contributed by atoms with Gasteiger partial charge in [0, 0.05) is 25.5 Å². The van der Waals surface area contributed by atoms with Gasteiger partial charge in [0.2, 0.25) is 0 Å². The van der Waals surface area contributed by atoms with Crippen LogP contribution in [0.2, 0.25) is 0 Å². The van der Waals surface area contributed by atoms with Gasteiger partial charge < -0.3 is 25.2 Å². The first-order valence-corrected chi connectivity index (χ1v) is 8.84. The molecule has 1 aromatic heterocycles. The number of hydrogen-bond donors (Lipinski definition) is 4. The van der Waals surface area contributed by atoms with Crippen molar-refractivity contribution in [2.75, 3.05) is 19.7 Å². The number of aliphatic hydroxyl groups is 4. The van der Waals surface area contributed by atoms with Gasteiger partial charge in [-0.15, -0.1) is 0 Å². The van der Waals surface area contributed by atoms with Crippen LogP contribution in [0.25, 0.3) is 0 Å². The Morgan fingerprint density at radius 1 is 1.16 bits per heavy atom. The van der Waals surface area contributed by atoms with E-state index in [1.807, 2.05) is 12.1 Å². The highest BCUT2D eigenvalue weighted by Crippen LogP contribution is 2.22. The molecule has 1 fully saturated rings. The lowest BCUT2D eigenvalue weighted by atomic mass is 9.94. The SMILES string of the molecule is CC(C)CCN(Cc1cccnc1)C[C@@H]1O[C@H](CO)[C@@H](O)[C@H](O)[C@@H]1O. The molecule has 0 bridgehead atoms. The van der Waals surface area contributed by atoms with E-state index >= 15 is 0 Å². The first kappa shape index (κ1) is 20.2. The number of pyridine rings is 1. The Morgan fingerprint density at radius 3 is 2.48 bits per heavy atom. The summed E-state index contributed by atoms with van der Waals surface area (Å²) in [5, 5.41) is 39.5. The minimum Gasteiger partial charge on any atom is -0.394 e. The molecule has 1 saturated heterocycles. The third-order valence-corrected chi connectivity index (χ3v) is 4.58. The summed E-state index contributed by atoms with van der Waals surface area (Å²) in [6.07, 6.45) is -0.895. The van der Waals surface area contributed by atoms with Crippen molar-refractivity contribution in [1.82, 2.24) is 9.88 Å². The third kappa shape index (κ3) is 5.70. The Kier molecular flexibility index (Phi) is 7.74. The van der Waals surface area contributed by atoms with Crippen LogP contribution in [0.4, 0.5) is 0 Å². The van der Waals surface area contributed by atoms with Crippen LogP contribution in [0.1, 0.15) is 25.8 Å². The zero-order valence-corrected chi connectivity index (χ0v) is 14.9. The zero-order valence-electron chi connectivity index (χ0n) is 14.9. The second kappa shape index (κ2) is 9.56. The van der Waals surface area contributed by atoms with E-state index in [0.717, 1.165) is 18.5 Å². The largest absolute Gasteiger partial charge is 0.394 e. The Bertz CT molecular complexity index is 499. The Balaban J connectivity index is 2.05. The summed E-state index contributed by atoms with van der Waals surface area (Å²) >= 11 is 0. The van der Waals surface area contributed by atoms with E-state index in [9.17, 15) is 20.4 Å². The van der Waals surface area contributed by atoms with Crippen molar-refractivity contribution in [3.05, 3.63) is 30.1 Å². The molecule has 0 spiro atoms. The maximum Gasteiger partial charge on any atom is 0.111 e. The maximum absolute atomic E-state index is 10.3. The van der Waals surface area contributed by atoms with Gasteiger partial charge >= 0.3 is 0 Å². The summed E-state index contributed by atoms with van der Waals surface area (Å²) in [5.74, 6) is 0.534. The van der Waals surface area contributed by atoms with Crippen LogP contribution in [-0.4, -0.2) is 80.5 Å². The Hall–Kier alpha value is -1.09. The average Bonchev–Trinajstić information content (AvgIpc) is 2.60. The third-order valence-electron chi connectivity index (χ3n) is 4.58. The van der Waals surface area contributed by atoms with E-state index in [1.165, 1.54) is 0 Å². The molecule has 0 unspecified atom stereocenters. The van der Waals surface area contributed by atoms with E-state index < -0.39 is 37.1 Å². The number of rotatable bonds is 8. The van der Waals surface area contributed by atoms with Gasteiger partial charge in [-0.1, -0.05) is 19.9 Å². The molecule has 0 saturated carbocycles. The van der Waals surface area contributed by atoms with Gasteiger partial charge in [0.15, 0.2) is 0 Å². The molecule has 25 heavy (non-hydrogen) atoms. The fourth-order valence-corrected chi connectivity index (χ4v) is 3.01. The summed E-state index contributed by atoms with van der Waals surface area (Å²) in [6, 6.07) is 3.87. The molecule has 0 aromatic carbocycles. The van der Waals surface area contributed by atoms with Crippen molar-refractivity contribution in [2.24, 2.45) is 5.92 Å². The van der Waals surface area contributed by atoms with E-state index in [-0.39, 0.29) is 0 Å². The molecule has 2 rings (SSSR count). The molecule has 0 amide bonds. The molecular weight excluding hydrogens is 324 g/mol. The molecule has 0 aliphatic carbocycles. The lowest BCUT2D eigenvalue weighted by molar-refractivity contribution is -0.232. The van der Waals surface area contributed by atoms with E-state index in [4.69, 9.17) is 4.74 Å². The summed E-state index contributed by atoms with van der Waals surface area (Å²) in [7, 11) is 0. The van der Waals surface area contributed by atoms with Gasteiger partial charge in [0.25, 0.3) is 0 Å². The van der Waals surface area contributed by atoms with E-state index in [0.29, 0.717) is 19.0 Å². The molecule has 2 heterocycles. The first-order chi connectivity index (χ1) is 11.9. The van der Waals surface area contributed by atoms with Crippen LogP contribution in [-0.2, 0) is 11.3 Å². The summed E-state index contributed by atoms with van der Waals surface area (Å²) in [6.45, 7) is 5.74.